The average Bonchev–Trinajstić information content (AvgIpc) is 2.97. The van der Waals surface area contributed by atoms with Crippen LogP contribution in [-0.2, 0) is 9.53 Å². The summed E-state index contributed by atoms with van der Waals surface area (Å²) in [7, 11) is 0. The van der Waals surface area contributed by atoms with E-state index in [2.05, 4.69) is 27.7 Å². The van der Waals surface area contributed by atoms with E-state index >= 15 is 0 Å². The minimum atomic E-state index is -0.669. The second-order valence-corrected chi connectivity index (χ2v) is 5.92. The van der Waals surface area contributed by atoms with Crippen LogP contribution in [0, 0.1) is 0 Å². The van der Waals surface area contributed by atoms with Gasteiger partial charge in [0.1, 0.15) is 5.60 Å². The Morgan fingerprint density at radius 2 is 2.00 bits per heavy atom. The van der Waals surface area contributed by atoms with Gasteiger partial charge in [0, 0.05) is 44.2 Å². The fourth-order valence-corrected chi connectivity index (χ4v) is 2.90. The van der Waals surface area contributed by atoms with Gasteiger partial charge >= 0.3 is 0 Å². The molecule has 5 nitrogen and oxygen atoms in total. The van der Waals surface area contributed by atoms with Gasteiger partial charge in [-0.2, -0.15) is 0 Å². The highest BCUT2D eigenvalue weighted by molar-refractivity contribution is 5.97. The molecule has 2 saturated heterocycles. The zero-order valence-electron chi connectivity index (χ0n) is 12.5. The van der Waals surface area contributed by atoms with Crippen LogP contribution in [0.2, 0.25) is 0 Å². The fraction of sp³-hybridized carbons (Fsp3) is 0.562. The number of benzene rings is 1. The molecule has 1 atom stereocenters. The maximum absolute atomic E-state index is 12.3. The molecule has 0 spiro atoms. The molecule has 114 valence electrons. The van der Waals surface area contributed by atoms with Crippen molar-refractivity contribution >= 4 is 17.3 Å². The zero-order chi connectivity index (χ0) is 14.7. The molecule has 3 rings (SSSR count). The van der Waals surface area contributed by atoms with Crippen LogP contribution in [0.15, 0.2) is 24.3 Å². The van der Waals surface area contributed by atoms with Gasteiger partial charge in [0.25, 0.3) is 5.91 Å². The van der Waals surface area contributed by atoms with E-state index in [9.17, 15) is 4.79 Å². The number of nitrogens with zero attached hydrogens (tertiary/aromatic N) is 1. The molecular weight excluding hydrogens is 266 g/mol. The summed E-state index contributed by atoms with van der Waals surface area (Å²) in [5.41, 5.74) is 1.37. The summed E-state index contributed by atoms with van der Waals surface area (Å²) in [6, 6.07) is 8.07. The summed E-state index contributed by atoms with van der Waals surface area (Å²) in [6.45, 7) is 6.63. The molecule has 2 heterocycles. The van der Waals surface area contributed by atoms with Gasteiger partial charge in [-0.25, -0.2) is 0 Å². The van der Waals surface area contributed by atoms with Gasteiger partial charge in [-0.1, -0.05) is 0 Å². The maximum Gasteiger partial charge on any atom is 0.256 e. The molecular formula is C16H23N3O2. The molecule has 5 heteroatoms. The summed E-state index contributed by atoms with van der Waals surface area (Å²) < 4.78 is 5.57. The summed E-state index contributed by atoms with van der Waals surface area (Å²) in [5, 5.41) is 6.30. The van der Waals surface area contributed by atoms with Crippen molar-refractivity contribution in [2.45, 2.75) is 25.4 Å². The molecule has 0 aromatic heterocycles. The molecule has 0 radical (unpaired) electrons. The molecule has 2 aliphatic rings. The van der Waals surface area contributed by atoms with Crippen molar-refractivity contribution in [2.75, 3.05) is 43.0 Å². The van der Waals surface area contributed by atoms with Gasteiger partial charge in [0.2, 0.25) is 0 Å². The van der Waals surface area contributed by atoms with E-state index in [1.807, 2.05) is 19.1 Å². The molecule has 2 aliphatic heterocycles. The lowest BCUT2D eigenvalue weighted by Crippen LogP contribution is -2.43. The summed E-state index contributed by atoms with van der Waals surface area (Å²) in [5.74, 6) is -0.0464. The van der Waals surface area contributed by atoms with E-state index in [0.29, 0.717) is 6.61 Å². The minimum Gasteiger partial charge on any atom is -0.369 e. The first-order chi connectivity index (χ1) is 10.2. The van der Waals surface area contributed by atoms with E-state index in [0.717, 1.165) is 44.7 Å². The van der Waals surface area contributed by atoms with Gasteiger partial charge in [0.15, 0.2) is 0 Å². The van der Waals surface area contributed by atoms with E-state index < -0.39 is 5.60 Å². The Labute approximate surface area is 125 Å². The van der Waals surface area contributed by atoms with E-state index in [-0.39, 0.29) is 5.91 Å². The molecule has 1 aromatic rings. The second-order valence-electron chi connectivity index (χ2n) is 5.92. The van der Waals surface area contributed by atoms with E-state index in [4.69, 9.17) is 4.74 Å². The van der Waals surface area contributed by atoms with Crippen molar-refractivity contribution in [3.05, 3.63) is 24.3 Å². The number of amides is 1. The average molecular weight is 289 g/mol. The molecule has 21 heavy (non-hydrogen) atoms. The highest BCUT2D eigenvalue weighted by Crippen LogP contribution is 2.27. The Bertz CT molecular complexity index is 489. The van der Waals surface area contributed by atoms with Crippen molar-refractivity contribution in [2.24, 2.45) is 0 Å². The topological polar surface area (TPSA) is 53.6 Å². The van der Waals surface area contributed by atoms with Crippen LogP contribution in [0.4, 0.5) is 11.4 Å². The van der Waals surface area contributed by atoms with Crippen molar-refractivity contribution < 1.29 is 9.53 Å². The van der Waals surface area contributed by atoms with Crippen LogP contribution in [0.25, 0.3) is 0 Å². The first kappa shape index (κ1) is 14.4. The fourth-order valence-electron chi connectivity index (χ4n) is 2.90. The lowest BCUT2D eigenvalue weighted by Gasteiger charge is -2.29. The SMILES string of the molecule is CC1(C(=O)Nc2ccc(N3CCNCC3)cc2)CCCO1. The third-order valence-corrected chi connectivity index (χ3v) is 4.31. The van der Waals surface area contributed by atoms with Crippen LogP contribution < -0.4 is 15.5 Å². The number of carbonyl (C=O) groups is 1. The largest absolute Gasteiger partial charge is 0.369 e. The number of rotatable bonds is 3. The molecule has 0 aliphatic carbocycles. The number of piperazine rings is 1. The standard InChI is InChI=1S/C16H23N3O2/c1-16(7-2-12-21-16)15(20)18-13-3-5-14(6-4-13)19-10-8-17-9-11-19/h3-6,17H,2,7-12H2,1H3,(H,18,20). The normalized spacial score (nSPS) is 25.9. The Morgan fingerprint density at radius 1 is 1.29 bits per heavy atom. The van der Waals surface area contributed by atoms with Crippen LogP contribution in [-0.4, -0.2) is 44.3 Å². The first-order valence-electron chi connectivity index (χ1n) is 7.69. The first-order valence-corrected chi connectivity index (χ1v) is 7.69. The third kappa shape index (κ3) is 3.19. The number of nitrogens with one attached hydrogen (secondary N) is 2. The molecule has 2 N–H and O–H groups in total. The van der Waals surface area contributed by atoms with Gasteiger partial charge in [-0.3, -0.25) is 4.79 Å². The number of anilines is 2. The minimum absolute atomic E-state index is 0.0464. The van der Waals surface area contributed by atoms with Gasteiger partial charge in [0.05, 0.1) is 0 Å². The lowest BCUT2D eigenvalue weighted by atomic mass is 10.0. The highest BCUT2D eigenvalue weighted by atomic mass is 16.5. The van der Waals surface area contributed by atoms with Crippen molar-refractivity contribution in [1.29, 1.82) is 0 Å². The molecule has 1 aromatic carbocycles. The van der Waals surface area contributed by atoms with E-state index in [1.165, 1.54) is 5.69 Å². The number of hydrogen-bond donors (Lipinski definition) is 2. The van der Waals surface area contributed by atoms with Crippen LogP contribution >= 0.6 is 0 Å². The summed E-state index contributed by atoms with van der Waals surface area (Å²) in [6.07, 6.45) is 1.74. The van der Waals surface area contributed by atoms with Crippen molar-refractivity contribution in [3.63, 3.8) is 0 Å². The number of ether oxygens (including phenoxy) is 1. The third-order valence-electron chi connectivity index (χ3n) is 4.31. The molecule has 0 saturated carbocycles. The monoisotopic (exact) mass is 289 g/mol. The smallest absolute Gasteiger partial charge is 0.256 e. The Balaban J connectivity index is 1.62. The predicted molar refractivity (Wildman–Crippen MR) is 83.7 cm³/mol. The highest BCUT2D eigenvalue weighted by Gasteiger charge is 2.37. The molecule has 2 fully saturated rings. The molecule has 0 bridgehead atoms. The number of hydrogen-bond acceptors (Lipinski definition) is 4. The molecule has 1 unspecified atom stereocenters. The van der Waals surface area contributed by atoms with Gasteiger partial charge in [-0.05, 0) is 44.0 Å². The summed E-state index contributed by atoms with van der Waals surface area (Å²) in [4.78, 5) is 14.6. The second kappa shape index (κ2) is 6.03. The van der Waals surface area contributed by atoms with Crippen LogP contribution in [0.5, 0.6) is 0 Å². The Kier molecular flexibility index (Phi) is 4.12. The van der Waals surface area contributed by atoms with Crippen LogP contribution in [0.3, 0.4) is 0 Å². The number of carbonyl (C=O) groups excluding carboxylic acids is 1. The van der Waals surface area contributed by atoms with E-state index in [1.54, 1.807) is 0 Å². The van der Waals surface area contributed by atoms with Crippen molar-refractivity contribution in [3.8, 4) is 0 Å². The summed E-state index contributed by atoms with van der Waals surface area (Å²) >= 11 is 0. The quantitative estimate of drug-likeness (QED) is 0.887. The lowest BCUT2D eigenvalue weighted by molar-refractivity contribution is -0.133. The zero-order valence-corrected chi connectivity index (χ0v) is 12.5. The van der Waals surface area contributed by atoms with Gasteiger partial charge in [-0.15, -0.1) is 0 Å². The Morgan fingerprint density at radius 3 is 2.62 bits per heavy atom. The van der Waals surface area contributed by atoms with Crippen LogP contribution in [0.1, 0.15) is 19.8 Å². The van der Waals surface area contributed by atoms with Gasteiger partial charge < -0.3 is 20.3 Å². The molecule has 1 amide bonds. The predicted octanol–water partition coefficient (Wildman–Crippen LogP) is 1.60. The Hall–Kier alpha value is -1.59. The van der Waals surface area contributed by atoms with Crippen molar-refractivity contribution in [1.82, 2.24) is 5.32 Å². The maximum atomic E-state index is 12.3.